The van der Waals surface area contributed by atoms with E-state index in [1.807, 2.05) is 24.3 Å². The van der Waals surface area contributed by atoms with E-state index in [4.69, 9.17) is 14.2 Å². The zero-order valence-corrected chi connectivity index (χ0v) is 18.2. The van der Waals surface area contributed by atoms with Crippen LogP contribution in [0.1, 0.15) is 52.0 Å². The Hall–Kier alpha value is -3.58. The molecule has 1 heterocycles. The van der Waals surface area contributed by atoms with Gasteiger partial charge in [0.15, 0.2) is 5.60 Å². The third kappa shape index (κ3) is 3.08. The Bertz CT molecular complexity index is 1260. The van der Waals surface area contributed by atoms with Crippen LogP contribution in [0.25, 0.3) is 0 Å². The van der Waals surface area contributed by atoms with Gasteiger partial charge in [-0.1, -0.05) is 18.2 Å². The number of benzene rings is 3. The van der Waals surface area contributed by atoms with Crippen molar-refractivity contribution in [2.45, 2.75) is 30.8 Å². The summed E-state index contributed by atoms with van der Waals surface area (Å²) in [5.74, 6) is -0.482. The highest BCUT2D eigenvalue weighted by Gasteiger charge is 2.52. The lowest BCUT2D eigenvalue weighted by Crippen LogP contribution is -2.35. The molecule has 1 aliphatic heterocycles. The number of carbonyl (C=O) groups is 3. The molecule has 2 aliphatic rings. The molecule has 160 valence electrons. The Morgan fingerprint density at radius 1 is 0.844 bits per heavy atom. The summed E-state index contributed by atoms with van der Waals surface area (Å²) in [6.45, 7) is 2.68. The molecule has 0 aromatic heterocycles. The SMILES string of the molecule is CC(=O)Oc1ccc2c(c1)Cc1cc(OC(C)=O)ccc1C21OC(=O)c2cc(S)ccc21. The molecule has 0 bridgehead atoms. The fourth-order valence-corrected chi connectivity index (χ4v) is 4.79. The van der Waals surface area contributed by atoms with Crippen molar-refractivity contribution in [3.63, 3.8) is 0 Å². The Morgan fingerprint density at radius 2 is 1.38 bits per heavy atom. The van der Waals surface area contributed by atoms with Crippen LogP contribution < -0.4 is 9.47 Å². The third-order valence-corrected chi connectivity index (χ3v) is 5.94. The van der Waals surface area contributed by atoms with E-state index in [9.17, 15) is 14.4 Å². The van der Waals surface area contributed by atoms with Gasteiger partial charge in [-0.2, -0.15) is 0 Å². The van der Waals surface area contributed by atoms with Crippen molar-refractivity contribution in [2.75, 3.05) is 0 Å². The maximum atomic E-state index is 12.9. The van der Waals surface area contributed by atoms with Crippen molar-refractivity contribution in [1.29, 1.82) is 0 Å². The lowest BCUT2D eigenvalue weighted by Gasteiger charge is -2.37. The first-order chi connectivity index (χ1) is 15.3. The average Bonchev–Trinajstić information content (AvgIpc) is 2.99. The van der Waals surface area contributed by atoms with Crippen molar-refractivity contribution in [3.8, 4) is 11.5 Å². The first-order valence-corrected chi connectivity index (χ1v) is 10.4. The Labute approximate surface area is 189 Å². The summed E-state index contributed by atoms with van der Waals surface area (Å²) in [6.07, 6.45) is 0.480. The molecule has 0 N–H and O–H groups in total. The lowest BCUT2D eigenvalue weighted by molar-refractivity contribution is -0.132. The number of hydrogen-bond donors (Lipinski definition) is 1. The predicted octanol–water partition coefficient (Wildman–Crippen LogP) is 4.19. The smallest absolute Gasteiger partial charge is 0.340 e. The topological polar surface area (TPSA) is 78.9 Å². The number of carbonyl (C=O) groups excluding carboxylic acids is 3. The van der Waals surface area contributed by atoms with E-state index in [-0.39, 0.29) is 0 Å². The molecule has 1 spiro atoms. The molecular formula is C25H18O6S. The first-order valence-electron chi connectivity index (χ1n) is 9.98. The van der Waals surface area contributed by atoms with Gasteiger partial charge >= 0.3 is 17.9 Å². The van der Waals surface area contributed by atoms with Gasteiger partial charge in [0.2, 0.25) is 0 Å². The normalized spacial score (nSPS) is 14.8. The molecule has 5 rings (SSSR count). The molecule has 3 aromatic rings. The van der Waals surface area contributed by atoms with Gasteiger partial charge in [0.25, 0.3) is 0 Å². The molecule has 0 amide bonds. The molecule has 0 fully saturated rings. The fraction of sp³-hybridized carbons (Fsp3) is 0.160. The van der Waals surface area contributed by atoms with Crippen LogP contribution in [0.4, 0.5) is 0 Å². The third-order valence-electron chi connectivity index (χ3n) is 5.66. The average molecular weight is 446 g/mol. The summed E-state index contributed by atoms with van der Waals surface area (Å²) in [7, 11) is 0. The van der Waals surface area contributed by atoms with Crippen LogP contribution in [0.15, 0.2) is 59.5 Å². The van der Waals surface area contributed by atoms with Gasteiger partial charge in [-0.15, -0.1) is 12.6 Å². The molecule has 6 nitrogen and oxygen atoms in total. The monoisotopic (exact) mass is 446 g/mol. The maximum absolute atomic E-state index is 12.9. The number of esters is 3. The zero-order valence-electron chi connectivity index (χ0n) is 17.3. The van der Waals surface area contributed by atoms with Gasteiger partial charge in [0.1, 0.15) is 11.5 Å². The van der Waals surface area contributed by atoms with Crippen LogP contribution in [0.2, 0.25) is 0 Å². The van der Waals surface area contributed by atoms with Gasteiger partial charge in [0, 0.05) is 35.4 Å². The summed E-state index contributed by atoms with van der Waals surface area (Å²) in [5, 5.41) is 0. The summed E-state index contributed by atoms with van der Waals surface area (Å²) in [6, 6.07) is 16.0. The van der Waals surface area contributed by atoms with Gasteiger partial charge < -0.3 is 14.2 Å². The second-order valence-electron chi connectivity index (χ2n) is 7.80. The van der Waals surface area contributed by atoms with Crippen LogP contribution in [-0.4, -0.2) is 17.9 Å². The Morgan fingerprint density at radius 3 is 1.91 bits per heavy atom. The highest BCUT2D eigenvalue weighted by atomic mass is 32.1. The Kier molecular flexibility index (Phi) is 4.60. The van der Waals surface area contributed by atoms with Crippen LogP contribution in [-0.2, 0) is 26.3 Å². The van der Waals surface area contributed by atoms with Crippen molar-refractivity contribution in [2.24, 2.45) is 0 Å². The van der Waals surface area contributed by atoms with Crippen LogP contribution in [0.3, 0.4) is 0 Å². The number of fused-ring (bicyclic) bond motifs is 6. The fourth-order valence-electron chi connectivity index (χ4n) is 4.59. The second-order valence-corrected chi connectivity index (χ2v) is 8.32. The van der Waals surface area contributed by atoms with E-state index in [2.05, 4.69) is 12.6 Å². The van der Waals surface area contributed by atoms with Crippen LogP contribution >= 0.6 is 12.6 Å². The van der Waals surface area contributed by atoms with E-state index in [0.717, 1.165) is 22.3 Å². The summed E-state index contributed by atoms with van der Waals surface area (Å²) in [5.41, 5.74) is 3.26. The molecule has 32 heavy (non-hydrogen) atoms. The maximum Gasteiger partial charge on any atom is 0.340 e. The molecule has 0 saturated carbocycles. The van der Waals surface area contributed by atoms with Crippen molar-refractivity contribution >= 4 is 30.5 Å². The number of rotatable bonds is 2. The molecule has 1 aliphatic carbocycles. The van der Waals surface area contributed by atoms with E-state index < -0.39 is 23.5 Å². The molecule has 7 heteroatoms. The molecule has 0 atom stereocenters. The van der Waals surface area contributed by atoms with Crippen molar-refractivity contribution in [3.05, 3.63) is 88.0 Å². The van der Waals surface area contributed by atoms with E-state index in [1.54, 1.807) is 30.3 Å². The summed E-state index contributed by atoms with van der Waals surface area (Å²) >= 11 is 4.37. The number of thiol groups is 1. The summed E-state index contributed by atoms with van der Waals surface area (Å²) in [4.78, 5) is 36.5. The molecule has 0 radical (unpaired) electrons. The molecular weight excluding hydrogens is 428 g/mol. The second kappa shape index (κ2) is 7.24. The van der Waals surface area contributed by atoms with E-state index >= 15 is 0 Å². The zero-order chi connectivity index (χ0) is 22.6. The largest absolute Gasteiger partial charge is 0.441 e. The standard InChI is InChI=1S/C25H18O6S/c1-13(26)29-17-3-6-21-15(10-17)9-16-11-18(30-14(2)27)4-7-22(16)25(21)23-8-5-19(32)12-20(23)24(28)31-25/h3-8,10-12,32H,9H2,1-2H3. The van der Waals surface area contributed by atoms with Crippen LogP contribution in [0, 0.1) is 0 Å². The minimum atomic E-state index is -1.17. The van der Waals surface area contributed by atoms with E-state index in [0.29, 0.717) is 33.9 Å². The Balaban J connectivity index is 1.77. The lowest BCUT2D eigenvalue weighted by atomic mass is 9.71. The predicted molar refractivity (Wildman–Crippen MR) is 117 cm³/mol. The summed E-state index contributed by atoms with van der Waals surface area (Å²) < 4.78 is 16.7. The first kappa shape index (κ1) is 20.3. The minimum Gasteiger partial charge on any atom is -0.441 e. The number of hydrogen-bond acceptors (Lipinski definition) is 7. The van der Waals surface area contributed by atoms with Gasteiger partial charge in [-0.05, 0) is 53.9 Å². The molecule has 0 unspecified atom stereocenters. The highest BCUT2D eigenvalue weighted by Crippen LogP contribution is 2.53. The van der Waals surface area contributed by atoms with E-state index in [1.165, 1.54) is 13.8 Å². The van der Waals surface area contributed by atoms with Gasteiger partial charge in [-0.25, -0.2) is 4.79 Å². The minimum absolute atomic E-state index is 0.404. The van der Waals surface area contributed by atoms with Crippen molar-refractivity contribution < 1.29 is 28.6 Å². The molecule has 3 aromatic carbocycles. The van der Waals surface area contributed by atoms with Gasteiger partial charge in [0.05, 0.1) is 5.56 Å². The molecule has 0 saturated heterocycles. The van der Waals surface area contributed by atoms with Gasteiger partial charge in [-0.3, -0.25) is 9.59 Å². The highest BCUT2D eigenvalue weighted by molar-refractivity contribution is 7.80. The van der Waals surface area contributed by atoms with Crippen molar-refractivity contribution in [1.82, 2.24) is 0 Å². The van der Waals surface area contributed by atoms with Crippen LogP contribution in [0.5, 0.6) is 11.5 Å². The quantitative estimate of drug-likeness (QED) is 0.361. The number of ether oxygens (including phenoxy) is 3.